The first kappa shape index (κ1) is 7.98. The molecule has 1 heterocycles. The lowest BCUT2D eigenvalue weighted by Crippen LogP contribution is -2.07. The molecule has 0 bridgehead atoms. The normalized spacial score (nSPS) is 10.6. The van der Waals surface area contributed by atoms with Gasteiger partial charge in [0.2, 0.25) is 0 Å². The van der Waals surface area contributed by atoms with E-state index in [4.69, 9.17) is 0 Å². The van der Waals surface area contributed by atoms with Crippen LogP contribution in [0.1, 0.15) is 5.69 Å². The lowest BCUT2D eigenvalue weighted by Gasteiger charge is -1.97. The molecule has 0 fully saturated rings. The van der Waals surface area contributed by atoms with Crippen molar-refractivity contribution in [2.24, 2.45) is 0 Å². The molecule has 65 valence electrons. The van der Waals surface area contributed by atoms with Crippen LogP contribution in [0.2, 0.25) is 0 Å². The Morgan fingerprint density at radius 2 is 2.23 bits per heavy atom. The van der Waals surface area contributed by atoms with Crippen molar-refractivity contribution in [3.05, 3.63) is 46.1 Å². The molecule has 0 spiro atoms. The molecule has 0 saturated heterocycles. The molecule has 1 N–H and O–H groups in total. The summed E-state index contributed by atoms with van der Waals surface area (Å²) in [7, 11) is 0. The van der Waals surface area contributed by atoms with Gasteiger partial charge in [0.15, 0.2) is 0 Å². The lowest BCUT2D eigenvalue weighted by atomic mass is 10.1. The third-order valence-corrected chi connectivity index (χ3v) is 1.87. The van der Waals surface area contributed by atoms with Gasteiger partial charge in [-0.05, 0) is 30.5 Å². The van der Waals surface area contributed by atoms with Crippen LogP contribution in [0, 0.1) is 18.8 Å². The van der Waals surface area contributed by atoms with Crippen LogP contribution < -0.4 is 5.56 Å². The summed E-state index contributed by atoms with van der Waals surface area (Å²) in [5.74, 6) is -0.512. The fourth-order valence-electron chi connectivity index (χ4n) is 1.31. The van der Waals surface area contributed by atoms with Crippen molar-refractivity contribution >= 4 is 10.8 Å². The van der Waals surface area contributed by atoms with Crippen molar-refractivity contribution in [1.29, 1.82) is 0 Å². The van der Waals surface area contributed by atoms with Crippen molar-refractivity contribution in [1.82, 2.24) is 4.98 Å². The predicted molar refractivity (Wildman–Crippen MR) is 48.1 cm³/mol. The van der Waals surface area contributed by atoms with Crippen LogP contribution in [-0.2, 0) is 0 Å². The van der Waals surface area contributed by atoms with Gasteiger partial charge in [-0.1, -0.05) is 0 Å². The van der Waals surface area contributed by atoms with Crippen molar-refractivity contribution < 1.29 is 4.39 Å². The minimum Gasteiger partial charge on any atom is -0.326 e. The van der Waals surface area contributed by atoms with E-state index in [1.807, 2.05) is 0 Å². The Bertz CT molecular complexity index is 516. The number of hydrogen-bond acceptors (Lipinski definition) is 1. The Morgan fingerprint density at radius 3 is 3.00 bits per heavy atom. The highest BCUT2D eigenvalue weighted by Crippen LogP contribution is 2.10. The Kier molecular flexibility index (Phi) is 1.65. The van der Waals surface area contributed by atoms with Crippen LogP contribution in [-0.4, -0.2) is 4.98 Å². The maximum absolute atomic E-state index is 12.7. The van der Waals surface area contributed by atoms with Gasteiger partial charge >= 0.3 is 0 Å². The topological polar surface area (TPSA) is 32.9 Å². The third-order valence-electron chi connectivity index (χ3n) is 1.87. The molecule has 2 rings (SSSR count). The molecule has 0 amide bonds. The summed E-state index contributed by atoms with van der Waals surface area (Å²) in [6, 6.07) is 6.86. The minimum atomic E-state index is -0.512. The van der Waals surface area contributed by atoms with Crippen molar-refractivity contribution in [2.75, 3.05) is 0 Å². The van der Waals surface area contributed by atoms with E-state index >= 15 is 0 Å². The number of H-pyrrole nitrogens is 1. The standard InChI is InChI=1S/C10H7FNO/c1-6-4-7-2-3-8(11)5-9(7)10(13)12-6/h2,4-5H,1H3,(H,12,13). The zero-order valence-corrected chi connectivity index (χ0v) is 7.02. The van der Waals surface area contributed by atoms with Crippen LogP contribution in [0.3, 0.4) is 0 Å². The van der Waals surface area contributed by atoms with E-state index in [0.29, 0.717) is 10.8 Å². The number of rotatable bonds is 0. The molecule has 2 nitrogen and oxygen atoms in total. The number of aromatic nitrogens is 1. The van der Waals surface area contributed by atoms with E-state index in [-0.39, 0.29) is 5.56 Å². The van der Waals surface area contributed by atoms with Gasteiger partial charge in [-0.25, -0.2) is 4.39 Å². The van der Waals surface area contributed by atoms with E-state index in [9.17, 15) is 9.18 Å². The number of aromatic amines is 1. The smallest absolute Gasteiger partial charge is 0.256 e. The first-order valence-corrected chi connectivity index (χ1v) is 3.88. The van der Waals surface area contributed by atoms with E-state index < -0.39 is 5.82 Å². The Balaban J connectivity index is 2.95. The summed E-state index contributed by atoms with van der Waals surface area (Å²) in [5.41, 5.74) is 0.500. The quantitative estimate of drug-likeness (QED) is 0.652. The number of fused-ring (bicyclic) bond motifs is 1. The second kappa shape index (κ2) is 2.69. The molecule has 0 unspecified atom stereocenters. The maximum atomic E-state index is 12.7. The largest absolute Gasteiger partial charge is 0.326 e. The van der Waals surface area contributed by atoms with Gasteiger partial charge < -0.3 is 4.98 Å². The van der Waals surface area contributed by atoms with E-state index in [1.165, 1.54) is 12.1 Å². The summed E-state index contributed by atoms with van der Waals surface area (Å²) < 4.78 is 12.7. The van der Waals surface area contributed by atoms with E-state index in [1.54, 1.807) is 13.0 Å². The average molecular weight is 176 g/mol. The highest BCUT2D eigenvalue weighted by molar-refractivity contribution is 5.81. The number of aryl methyl sites for hydroxylation is 1. The number of hydrogen-bond donors (Lipinski definition) is 1. The summed E-state index contributed by atoms with van der Waals surface area (Å²) in [6.45, 7) is 1.78. The average Bonchev–Trinajstić information content (AvgIpc) is 2.06. The number of pyridine rings is 1. The predicted octanol–water partition coefficient (Wildman–Crippen LogP) is 1.78. The highest BCUT2D eigenvalue weighted by Gasteiger charge is 2.00. The fourth-order valence-corrected chi connectivity index (χ4v) is 1.31. The van der Waals surface area contributed by atoms with Crippen LogP contribution in [0.5, 0.6) is 0 Å². The number of nitrogens with one attached hydrogen (secondary N) is 1. The van der Waals surface area contributed by atoms with E-state index in [0.717, 1.165) is 5.69 Å². The summed E-state index contributed by atoms with van der Waals surface area (Å²) in [4.78, 5) is 13.9. The fraction of sp³-hybridized carbons (Fsp3) is 0.100. The second-order valence-electron chi connectivity index (χ2n) is 2.93. The summed E-state index contributed by atoms with van der Waals surface area (Å²) >= 11 is 0. The van der Waals surface area contributed by atoms with Gasteiger partial charge in [0.1, 0.15) is 5.82 Å². The highest BCUT2D eigenvalue weighted by atomic mass is 19.1. The van der Waals surface area contributed by atoms with Gasteiger partial charge in [-0.2, -0.15) is 0 Å². The molecule has 0 saturated carbocycles. The second-order valence-corrected chi connectivity index (χ2v) is 2.93. The molecule has 1 radical (unpaired) electrons. The van der Waals surface area contributed by atoms with Crippen molar-refractivity contribution in [2.45, 2.75) is 6.92 Å². The summed E-state index contributed by atoms with van der Waals surface area (Å²) in [5, 5.41) is 1.07. The van der Waals surface area contributed by atoms with Crippen molar-refractivity contribution in [3.8, 4) is 0 Å². The Labute approximate surface area is 74.0 Å². The Hall–Kier alpha value is -1.64. The van der Waals surface area contributed by atoms with Gasteiger partial charge in [0.25, 0.3) is 5.56 Å². The van der Waals surface area contributed by atoms with Crippen LogP contribution >= 0.6 is 0 Å². The molecule has 3 heteroatoms. The zero-order chi connectivity index (χ0) is 9.42. The van der Waals surface area contributed by atoms with E-state index in [2.05, 4.69) is 11.1 Å². The first-order chi connectivity index (χ1) is 6.16. The van der Waals surface area contributed by atoms with Crippen LogP contribution in [0.15, 0.2) is 23.0 Å². The molecule has 0 atom stereocenters. The summed E-state index contributed by atoms with van der Waals surface area (Å²) in [6.07, 6.45) is 0. The maximum Gasteiger partial charge on any atom is 0.256 e. The number of halogens is 1. The molecule has 1 aromatic carbocycles. The van der Waals surface area contributed by atoms with Gasteiger partial charge in [-0.15, -0.1) is 0 Å². The minimum absolute atomic E-state index is 0.261. The Morgan fingerprint density at radius 1 is 1.46 bits per heavy atom. The molecule has 0 aliphatic carbocycles. The molecule has 1 aromatic heterocycles. The third kappa shape index (κ3) is 1.33. The first-order valence-electron chi connectivity index (χ1n) is 3.88. The number of benzene rings is 1. The lowest BCUT2D eigenvalue weighted by molar-refractivity contribution is 0.627. The van der Waals surface area contributed by atoms with Crippen LogP contribution in [0.25, 0.3) is 10.8 Å². The zero-order valence-electron chi connectivity index (χ0n) is 7.02. The molecule has 2 aromatic rings. The molecule has 13 heavy (non-hydrogen) atoms. The molecule has 0 aliphatic rings. The molecular formula is C10H7FNO. The molecular weight excluding hydrogens is 169 g/mol. The van der Waals surface area contributed by atoms with Gasteiger partial charge in [0.05, 0.1) is 0 Å². The van der Waals surface area contributed by atoms with Gasteiger partial charge in [0, 0.05) is 17.1 Å². The molecule has 0 aliphatic heterocycles. The van der Waals surface area contributed by atoms with Gasteiger partial charge in [-0.3, -0.25) is 4.79 Å². The SMILES string of the molecule is Cc1cc2c[c]c(F)cc2c(=O)[nH]1. The van der Waals surface area contributed by atoms with Crippen molar-refractivity contribution in [3.63, 3.8) is 0 Å². The monoisotopic (exact) mass is 176 g/mol. The van der Waals surface area contributed by atoms with Crippen LogP contribution in [0.4, 0.5) is 4.39 Å².